The number of anilines is 18. The summed E-state index contributed by atoms with van der Waals surface area (Å²) in [5.41, 5.74) is 26.7. The quantitative estimate of drug-likeness (QED) is 0.152. The van der Waals surface area contributed by atoms with Crippen LogP contribution in [0, 0.1) is 41.5 Å². The summed E-state index contributed by atoms with van der Waals surface area (Å²) in [4.78, 5) is 78.3. The van der Waals surface area contributed by atoms with Gasteiger partial charge in [0, 0.05) is 122 Å². The number of pyridine rings is 10. The van der Waals surface area contributed by atoms with Crippen molar-refractivity contribution in [2.45, 2.75) is 286 Å². The van der Waals surface area contributed by atoms with E-state index >= 15 is 0 Å². The molecule has 6 unspecified atom stereocenters. The summed E-state index contributed by atoms with van der Waals surface area (Å²) in [6, 6.07) is 33.0. The Morgan fingerprint density at radius 1 is 0.182 bits per heavy atom. The first-order valence-corrected chi connectivity index (χ1v) is 48.4. The van der Waals surface area contributed by atoms with Crippen molar-refractivity contribution in [2.75, 3.05) is 101 Å². The van der Waals surface area contributed by atoms with E-state index in [-0.39, 0.29) is 30.8 Å². The average molecular weight is 1800 g/mol. The highest BCUT2D eigenvalue weighted by atomic mass is 15.5. The molecule has 6 aliphatic rings. The van der Waals surface area contributed by atoms with Crippen LogP contribution in [-0.2, 0) is 0 Å². The molecule has 0 saturated heterocycles. The Morgan fingerprint density at radius 3 is 0.742 bits per heavy atom. The van der Waals surface area contributed by atoms with Crippen molar-refractivity contribution < 1.29 is 0 Å². The molecule has 0 amide bonds. The van der Waals surface area contributed by atoms with E-state index in [1.165, 1.54) is 73.4 Å². The SMILES string of the molecule is CC.CC.CC.CC.CC.CC.CC.CC.CC.CC.CC.CC.Cc1ccccc1N1c2cnccc2N(C)C1C.Cc1cccnc1N1c2cnccc2N(C)C1C.Cc1ccncc1N1c2cnccc2N(C)C1C.Cc1cnccc1N1c2cnccc2N(C)C1C.Cc1ncccc1N1c2cnccc2N(C)C1C.Cc1ncncc1N1c2cnccc2N(C)C1C. The van der Waals surface area contributed by atoms with Gasteiger partial charge in [-0.05, 0) is 178 Å². The van der Waals surface area contributed by atoms with Gasteiger partial charge in [-0.3, -0.25) is 44.9 Å². The van der Waals surface area contributed by atoms with Crippen molar-refractivity contribution in [3.63, 3.8) is 0 Å². The van der Waals surface area contributed by atoms with E-state index in [4.69, 9.17) is 0 Å². The Hall–Kier alpha value is -12.6. The third-order valence-electron chi connectivity index (χ3n) is 21.6. The van der Waals surface area contributed by atoms with E-state index in [1.54, 1.807) is 6.33 Å². The molecule has 720 valence electrons. The Kier molecular flexibility index (Phi) is 55.7. The number of hydrogen-bond acceptors (Lipinski definition) is 24. The molecular formula is C108H168N24. The summed E-state index contributed by atoms with van der Waals surface area (Å²) in [7, 11) is 12.6. The molecule has 24 heteroatoms. The van der Waals surface area contributed by atoms with E-state index in [9.17, 15) is 0 Å². The molecule has 1 aromatic carbocycles. The maximum absolute atomic E-state index is 4.52. The molecule has 24 nitrogen and oxygen atoms in total. The van der Waals surface area contributed by atoms with Crippen LogP contribution < -0.4 is 58.8 Å². The van der Waals surface area contributed by atoms with Crippen LogP contribution in [0.25, 0.3) is 0 Å². The summed E-state index contributed by atoms with van der Waals surface area (Å²) in [6.07, 6.45) is 38.7. The van der Waals surface area contributed by atoms with Crippen molar-refractivity contribution in [1.29, 1.82) is 0 Å². The first kappa shape index (κ1) is 117. The zero-order valence-electron chi connectivity index (χ0n) is 89.0. The zero-order chi connectivity index (χ0) is 100. The van der Waals surface area contributed by atoms with Gasteiger partial charge < -0.3 is 58.8 Å². The van der Waals surface area contributed by atoms with Crippen LogP contribution in [-0.4, -0.2) is 139 Å². The van der Waals surface area contributed by atoms with Crippen molar-refractivity contribution >= 4 is 103 Å². The van der Waals surface area contributed by atoms with Gasteiger partial charge in [0.1, 0.15) is 49.1 Å². The van der Waals surface area contributed by atoms with Gasteiger partial charge in [-0.15, -0.1) is 0 Å². The summed E-state index contributed by atoms with van der Waals surface area (Å²) in [5.74, 6) is 1.00. The minimum absolute atomic E-state index is 0.230. The molecule has 11 aromatic heterocycles. The lowest BCUT2D eigenvalue weighted by Crippen LogP contribution is -2.36. The second kappa shape index (κ2) is 62.6. The van der Waals surface area contributed by atoms with Gasteiger partial charge in [0.25, 0.3) is 0 Å². The maximum atomic E-state index is 4.52. The summed E-state index contributed by atoms with van der Waals surface area (Å²) >= 11 is 0. The van der Waals surface area contributed by atoms with Gasteiger partial charge in [0.2, 0.25) is 0 Å². The van der Waals surface area contributed by atoms with E-state index in [1.807, 2.05) is 328 Å². The number of aryl methyl sites for hydroxylation is 6. The molecule has 0 spiro atoms. The Bertz CT molecular complexity index is 4310. The molecule has 132 heavy (non-hydrogen) atoms. The third-order valence-corrected chi connectivity index (χ3v) is 21.6. The lowest BCUT2D eigenvalue weighted by atomic mass is 10.1. The predicted octanol–water partition coefficient (Wildman–Crippen LogP) is 28.6. The maximum Gasteiger partial charge on any atom is 0.137 e. The predicted molar refractivity (Wildman–Crippen MR) is 575 cm³/mol. The molecule has 6 aliphatic heterocycles. The number of benzene rings is 1. The van der Waals surface area contributed by atoms with Gasteiger partial charge in [-0.1, -0.05) is 190 Å². The lowest BCUT2D eigenvalue weighted by molar-refractivity contribution is 0.725. The van der Waals surface area contributed by atoms with Gasteiger partial charge in [0.15, 0.2) is 0 Å². The fourth-order valence-electron chi connectivity index (χ4n) is 14.9. The monoisotopic (exact) mass is 1800 g/mol. The average Bonchev–Trinajstić information content (AvgIpc) is 1.66. The second-order valence-electron chi connectivity index (χ2n) is 27.7. The highest BCUT2D eigenvalue weighted by Gasteiger charge is 2.38. The van der Waals surface area contributed by atoms with E-state index < -0.39 is 0 Å². The molecular weight excluding hydrogens is 1630 g/mol. The lowest BCUT2D eigenvalue weighted by Gasteiger charge is -2.28. The molecule has 18 rings (SSSR count). The normalized spacial score (nSPS) is 15.3. The van der Waals surface area contributed by atoms with Gasteiger partial charge >= 0.3 is 0 Å². The number of aromatic nitrogens is 12. The van der Waals surface area contributed by atoms with E-state index in [2.05, 4.69) is 297 Å². The Balaban J connectivity index is 0.000000756. The summed E-state index contributed by atoms with van der Waals surface area (Å²) in [5, 5.41) is 0. The highest BCUT2D eigenvalue weighted by Crippen LogP contribution is 2.49. The topological polar surface area (TPSA) is 194 Å². The van der Waals surface area contributed by atoms with Crippen LogP contribution in [0.4, 0.5) is 103 Å². The van der Waals surface area contributed by atoms with Crippen LogP contribution in [0.3, 0.4) is 0 Å². The van der Waals surface area contributed by atoms with Gasteiger partial charge in [0.05, 0.1) is 146 Å². The van der Waals surface area contributed by atoms with Gasteiger partial charge in [-0.2, -0.15) is 0 Å². The van der Waals surface area contributed by atoms with E-state index in [0.717, 1.165) is 62.7 Å². The van der Waals surface area contributed by atoms with Crippen LogP contribution in [0.1, 0.15) is 241 Å². The molecule has 0 bridgehead atoms. The standard InChI is InChI=1S/C15H17N3.4C14H16N4.C13H15N5.12C2H6/c1-11-6-4-5-7-13(11)18-12(2)17(3)14-8-9-16-10-15(14)18;1-10-8-15-6-4-12(10)18-11(2)17(3)13-5-7-16-9-14(13)18;1-10-4-6-15-8-13(10)18-11(2)17(3)12-5-7-16-9-14(12)18;1-10-12(5-4-7-16-10)18-11(2)17(3)13-6-8-15-9-14(13)18;1-10-5-4-7-16-14(10)18-11(2)17(3)12-6-8-15-9-13(12)18;1-9-12(6-15-8-16-9)18-10(2)17(3)11-4-5-14-7-13(11)18;12*1-2/h4-10,12H,1-3H3;4*4-9,11H,1-3H3;4-8,10H,1-3H3;12*1-2H3. The number of rotatable bonds is 6. The van der Waals surface area contributed by atoms with Crippen LogP contribution in [0.5, 0.6) is 0 Å². The fourth-order valence-corrected chi connectivity index (χ4v) is 14.9. The fraction of sp³-hybridized carbons (Fsp3) is 0.444. The highest BCUT2D eigenvalue weighted by molar-refractivity contribution is 5.88. The summed E-state index contributed by atoms with van der Waals surface area (Å²) in [6.45, 7) is 73.6. The van der Waals surface area contributed by atoms with Crippen LogP contribution in [0.2, 0.25) is 0 Å². The smallest absolute Gasteiger partial charge is 0.137 e. The Labute approximate surface area is 799 Å². The zero-order valence-corrected chi connectivity index (χ0v) is 89.0. The molecule has 0 aliphatic carbocycles. The van der Waals surface area contributed by atoms with Crippen LogP contribution >= 0.6 is 0 Å². The molecule has 0 N–H and O–H groups in total. The molecule has 17 heterocycles. The minimum Gasteiger partial charge on any atom is -0.352 e. The summed E-state index contributed by atoms with van der Waals surface area (Å²) < 4.78 is 0. The van der Waals surface area contributed by atoms with Crippen molar-refractivity contribution in [3.8, 4) is 0 Å². The molecule has 0 radical (unpaired) electrons. The van der Waals surface area contributed by atoms with Crippen molar-refractivity contribution in [3.05, 3.63) is 255 Å². The van der Waals surface area contributed by atoms with Crippen molar-refractivity contribution in [1.82, 2.24) is 59.8 Å². The number of fused-ring (bicyclic) bond motifs is 6. The number of nitrogens with zero attached hydrogens (tertiary/aromatic N) is 24. The van der Waals surface area contributed by atoms with E-state index in [0.29, 0.717) is 6.17 Å². The minimum atomic E-state index is 0.230. The first-order chi connectivity index (χ1) is 64.2. The number of para-hydroxylation sites is 1. The third kappa shape index (κ3) is 27.8. The second-order valence-corrected chi connectivity index (χ2v) is 27.7. The molecule has 0 saturated carbocycles. The Morgan fingerprint density at radius 2 is 0.417 bits per heavy atom. The van der Waals surface area contributed by atoms with Crippen LogP contribution in [0.15, 0.2) is 221 Å². The van der Waals surface area contributed by atoms with Gasteiger partial charge in [-0.25, -0.2) is 15.0 Å². The molecule has 6 atom stereocenters. The van der Waals surface area contributed by atoms with Crippen molar-refractivity contribution in [2.24, 2.45) is 0 Å². The largest absolute Gasteiger partial charge is 0.352 e. The number of hydrogen-bond donors (Lipinski definition) is 0. The molecule has 0 fully saturated rings. The molecule has 12 aromatic rings. The first-order valence-electron chi connectivity index (χ1n) is 48.4.